The molecular weight excluding hydrogens is 202 g/mol. The average molecular weight is 217 g/mol. The van der Waals surface area contributed by atoms with E-state index in [0.717, 1.165) is 22.6 Å². The molecule has 1 amide bonds. The van der Waals surface area contributed by atoms with E-state index >= 15 is 0 Å². The number of hydrazine groups is 1. The molecule has 16 heavy (non-hydrogen) atoms. The molecule has 1 N–H and O–H groups in total. The number of carbonyl (C=O) groups is 1. The fraction of sp³-hybridized carbons (Fsp3) is 0.333. The van der Waals surface area contributed by atoms with Gasteiger partial charge in [-0.05, 0) is 32.1 Å². The van der Waals surface area contributed by atoms with Crippen molar-refractivity contribution in [3.05, 3.63) is 35.2 Å². The van der Waals surface area contributed by atoms with E-state index in [1.165, 1.54) is 5.01 Å². The van der Waals surface area contributed by atoms with Crippen LogP contribution >= 0.6 is 0 Å². The van der Waals surface area contributed by atoms with Gasteiger partial charge in [0.05, 0.1) is 5.70 Å². The molecule has 0 fully saturated rings. The van der Waals surface area contributed by atoms with Crippen LogP contribution in [0.3, 0.4) is 0 Å². The van der Waals surface area contributed by atoms with Crippen molar-refractivity contribution in [1.29, 1.82) is 0 Å². The Hall–Kier alpha value is -1.84. The summed E-state index contributed by atoms with van der Waals surface area (Å²) in [5.74, 6) is 0.0752. The molecule has 0 radical (unpaired) electrons. The van der Waals surface area contributed by atoms with Gasteiger partial charge >= 0.3 is 0 Å². The highest BCUT2D eigenvalue weighted by Gasteiger charge is 2.15. The standard InChI is InChI=1S/C12H15N3O/c1-8-6-10(7-9(2)13-8)11-4-5-12(16)15(3)14-11/h4,6-7,14H,5H2,1-3H3. The van der Waals surface area contributed by atoms with Crippen molar-refractivity contribution >= 4 is 11.6 Å². The number of hydrogen-bond donors (Lipinski definition) is 1. The van der Waals surface area contributed by atoms with Crippen LogP contribution in [-0.2, 0) is 4.79 Å². The number of pyridine rings is 1. The third-order valence-corrected chi connectivity index (χ3v) is 2.54. The predicted octanol–water partition coefficient (Wildman–Crippen LogP) is 1.41. The van der Waals surface area contributed by atoms with Gasteiger partial charge in [-0.3, -0.25) is 20.2 Å². The Morgan fingerprint density at radius 1 is 1.31 bits per heavy atom. The minimum atomic E-state index is 0.0752. The van der Waals surface area contributed by atoms with E-state index in [1.807, 2.05) is 32.1 Å². The maximum atomic E-state index is 11.3. The van der Waals surface area contributed by atoms with Gasteiger partial charge in [-0.1, -0.05) is 0 Å². The number of amides is 1. The fourth-order valence-electron chi connectivity index (χ4n) is 1.79. The molecular formula is C12H15N3O. The Morgan fingerprint density at radius 2 is 1.94 bits per heavy atom. The predicted molar refractivity (Wildman–Crippen MR) is 62.2 cm³/mol. The molecule has 2 rings (SSSR count). The average Bonchev–Trinajstić information content (AvgIpc) is 2.20. The summed E-state index contributed by atoms with van der Waals surface area (Å²) >= 11 is 0. The second kappa shape index (κ2) is 3.96. The Balaban J connectivity index is 2.34. The summed E-state index contributed by atoms with van der Waals surface area (Å²) in [6.45, 7) is 3.93. The highest BCUT2D eigenvalue weighted by molar-refractivity contribution is 5.83. The molecule has 0 bridgehead atoms. The van der Waals surface area contributed by atoms with Crippen LogP contribution < -0.4 is 5.43 Å². The van der Waals surface area contributed by atoms with Gasteiger partial charge in [-0.25, -0.2) is 0 Å². The zero-order chi connectivity index (χ0) is 11.7. The third kappa shape index (κ3) is 2.05. The molecule has 2 heterocycles. The van der Waals surface area contributed by atoms with Crippen LogP contribution in [0, 0.1) is 13.8 Å². The zero-order valence-electron chi connectivity index (χ0n) is 9.74. The largest absolute Gasteiger partial charge is 0.296 e. The number of hydrogen-bond acceptors (Lipinski definition) is 3. The first-order valence-corrected chi connectivity index (χ1v) is 5.25. The maximum Gasteiger partial charge on any atom is 0.244 e. The van der Waals surface area contributed by atoms with E-state index in [0.29, 0.717) is 6.42 Å². The van der Waals surface area contributed by atoms with Crippen LogP contribution in [0.15, 0.2) is 18.2 Å². The lowest BCUT2D eigenvalue weighted by Crippen LogP contribution is -2.40. The van der Waals surface area contributed by atoms with Gasteiger partial charge < -0.3 is 0 Å². The molecule has 0 saturated carbocycles. The van der Waals surface area contributed by atoms with Crippen molar-refractivity contribution in [2.45, 2.75) is 20.3 Å². The summed E-state index contributed by atoms with van der Waals surface area (Å²) in [5.41, 5.74) is 7.06. The van der Waals surface area contributed by atoms with Gasteiger partial charge in [-0.15, -0.1) is 0 Å². The van der Waals surface area contributed by atoms with Crippen LogP contribution in [0.2, 0.25) is 0 Å². The van der Waals surface area contributed by atoms with Gasteiger partial charge in [-0.2, -0.15) is 0 Å². The van der Waals surface area contributed by atoms with Crippen molar-refractivity contribution in [1.82, 2.24) is 15.4 Å². The van der Waals surface area contributed by atoms with E-state index in [9.17, 15) is 4.79 Å². The topological polar surface area (TPSA) is 45.2 Å². The molecule has 0 atom stereocenters. The second-order valence-electron chi connectivity index (χ2n) is 4.03. The summed E-state index contributed by atoms with van der Waals surface area (Å²) in [4.78, 5) is 15.6. The minimum Gasteiger partial charge on any atom is -0.296 e. The normalized spacial score (nSPS) is 15.8. The first-order valence-electron chi connectivity index (χ1n) is 5.25. The van der Waals surface area contributed by atoms with Crippen molar-refractivity contribution in [3.63, 3.8) is 0 Å². The van der Waals surface area contributed by atoms with E-state index in [2.05, 4.69) is 10.4 Å². The molecule has 4 nitrogen and oxygen atoms in total. The molecule has 0 aromatic carbocycles. The van der Waals surface area contributed by atoms with Gasteiger partial charge in [0.1, 0.15) is 0 Å². The molecule has 1 aromatic heterocycles. The van der Waals surface area contributed by atoms with E-state index < -0.39 is 0 Å². The Morgan fingerprint density at radius 3 is 2.50 bits per heavy atom. The van der Waals surface area contributed by atoms with Crippen LogP contribution in [-0.4, -0.2) is 22.9 Å². The summed E-state index contributed by atoms with van der Waals surface area (Å²) < 4.78 is 0. The molecule has 1 aliphatic heterocycles. The number of aryl methyl sites for hydroxylation is 2. The molecule has 0 unspecified atom stereocenters. The lowest BCUT2D eigenvalue weighted by molar-refractivity contribution is -0.131. The van der Waals surface area contributed by atoms with Crippen LogP contribution in [0.25, 0.3) is 5.70 Å². The molecule has 0 aliphatic carbocycles. The third-order valence-electron chi connectivity index (χ3n) is 2.54. The minimum absolute atomic E-state index is 0.0752. The van der Waals surface area contributed by atoms with Crippen molar-refractivity contribution in [3.8, 4) is 0 Å². The van der Waals surface area contributed by atoms with Crippen LogP contribution in [0.5, 0.6) is 0 Å². The van der Waals surface area contributed by atoms with Crippen molar-refractivity contribution < 1.29 is 4.79 Å². The van der Waals surface area contributed by atoms with E-state index in [-0.39, 0.29) is 5.91 Å². The number of aromatic nitrogens is 1. The van der Waals surface area contributed by atoms with Gasteiger partial charge in [0.25, 0.3) is 0 Å². The first-order chi connectivity index (χ1) is 7.56. The Labute approximate surface area is 95.0 Å². The summed E-state index contributed by atoms with van der Waals surface area (Å²) in [6.07, 6.45) is 2.36. The van der Waals surface area contributed by atoms with E-state index in [1.54, 1.807) is 7.05 Å². The Kier molecular flexibility index (Phi) is 2.64. The molecule has 1 aromatic rings. The first kappa shape index (κ1) is 10.7. The molecule has 4 heteroatoms. The van der Waals surface area contributed by atoms with E-state index in [4.69, 9.17) is 0 Å². The Bertz CT molecular complexity index is 445. The fourth-order valence-corrected chi connectivity index (χ4v) is 1.79. The second-order valence-corrected chi connectivity index (χ2v) is 4.03. The van der Waals surface area contributed by atoms with Crippen molar-refractivity contribution in [2.24, 2.45) is 0 Å². The highest BCUT2D eigenvalue weighted by Crippen LogP contribution is 2.17. The maximum absolute atomic E-state index is 11.3. The summed E-state index contributed by atoms with van der Waals surface area (Å²) in [7, 11) is 1.73. The monoisotopic (exact) mass is 217 g/mol. The number of nitrogens with one attached hydrogen (secondary N) is 1. The van der Waals surface area contributed by atoms with Crippen LogP contribution in [0.4, 0.5) is 0 Å². The molecule has 84 valence electrons. The zero-order valence-corrected chi connectivity index (χ0v) is 9.74. The number of nitrogens with zero attached hydrogens (tertiary/aromatic N) is 2. The number of rotatable bonds is 1. The summed E-state index contributed by atoms with van der Waals surface area (Å²) in [5, 5.41) is 1.51. The SMILES string of the molecule is Cc1cc(C2=CCC(=O)N(C)N2)cc(C)n1. The smallest absolute Gasteiger partial charge is 0.244 e. The highest BCUT2D eigenvalue weighted by atomic mass is 16.2. The van der Waals surface area contributed by atoms with Gasteiger partial charge in [0, 0.05) is 30.4 Å². The summed E-state index contributed by atoms with van der Waals surface area (Å²) in [6, 6.07) is 4.02. The van der Waals surface area contributed by atoms with Crippen LogP contribution in [0.1, 0.15) is 23.4 Å². The van der Waals surface area contributed by atoms with Gasteiger partial charge in [0.2, 0.25) is 5.91 Å². The molecule has 1 aliphatic rings. The quantitative estimate of drug-likeness (QED) is 0.773. The van der Waals surface area contributed by atoms with Crippen molar-refractivity contribution in [2.75, 3.05) is 7.05 Å². The lowest BCUT2D eigenvalue weighted by atomic mass is 10.1. The molecule has 0 spiro atoms. The molecule has 0 saturated heterocycles. The number of carbonyl (C=O) groups excluding carboxylic acids is 1. The van der Waals surface area contributed by atoms with Gasteiger partial charge in [0.15, 0.2) is 0 Å². The lowest BCUT2D eigenvalue weighted by Gasteiger charge is -2.25.